The van der Waals surface area contributed by atoms with Gasteiger partial charge in [-0.05, 0) is 6.07 Å². The lowest BCUT2D eigenvalue weighted by atomic mass is 10.2. The van der Waals surface area contributed by atoms with E-state index in [9.17, 15) is 4.57 Å². The van der Waals surface area contributed by atoms with Crippen LogP contribution in [0, 0.1) is 0 Å². The average Bonchev–Trinajstić information content (AvgIpc) is 2.04. The Labute approximate surface area is 78.0 Å². The zero-order chi connectivity index (χ0) is 8.97. The molecule has 4 N–H and O–H groups in total. The van der Waals surface area contributed by atoms with E-state index in [0.29, 0.717) is 5.75 Å². The largest absolute Gasteiger partial charge is 0.496 e. The molecule has 0 saturated heterocycles. The smallest absolute Gasteiger partial charge is 0.193 e. The van der Waals surface area contributed by atoms with Crippen LogP contribution in [-0.4, -0.2) is 12.0 Å². The summed E-state index contributed by atoms with van der Waals surface area (Å²) in [6.07, 6.45) is 0.189. The molecular formula is C8H14NO3P. The van der Waals surface area contributed by atoms with Crippen LogP contribution in [0.15, 0.2) is 24.3 Å². The molecule has 4 nitrogen and oxygen atoms in total. The predicted molar refractivity (Wildman–Crippen MR) is 52.9 cm³/mol. The van der Waals surface area contributed by atoms with Crippen LogP contribution in [0.1, 0.15) is 5.56 Å². The van der Waals surface area contributed by atoms with Crippen molar-refractivity contribution in [2.45, 2.75) is 6.16 Å². The minimum absolute atomic E-state index is 0. The van der Waals surface area contributed by atoms with E-state index in [1.54, 1.807) is 19.2 Å². The van der Waals surface area contributed by atoms with Gasteiger partial charge in [-0.15, -0.1) is 0 Å². The van der Waals surface area contributed by atoms with Gasteiger partial charge in [-0.25, -0.2) is 0 Å². The van der Waals surface area contributed by atoms with Crippen LogP contribution < -0.4 is 10.9 Å². The van der Waals surface area contributed by atoms with Gasteiger partial charge in [-0.1, -0.05) is 18.2 Å². The molecular weight excluding hydrogens is 189 g/mol. The van der Waals surface area contributed by atoms with Gasteiger partial charge in [0.25, 0.3) is 0 Å². The number of ether oxygens (including phenoxy) is 1. The Hall–Kier alpha value is -0.830. The van der Waals surface area contributed by atoms with Gasteiger partial charge in [0, 0.05) is 5.56 Å². The Bertz CT molecular complexity index is 290. The Morgan fingerprint density at radius 1 is 1.46 bits per heavy atom. The van der Waals surface area contributed by atoms with Crippen LogP contribution in [0.25, 0.3) is 0 Å². The van der Waals surface area contributed by atoms with Crippen LogP contribution in [-0.2, 0) is 10.7 Å². The second-order valence-electron chi connectivity index (χ2n) is 2.38. The van der Waals surface area contributed by atoms with E-state index in [2.05, 4.69) is 0 Å². The van der Waals surface area contributed by atoms with Gasteiger partial charge >= 0.3 is 0 Å². The molecule has 0 radical (unpaired) electrons. The van der Waals surface area contributed by atoms with Crippen molar-refractivity contribution in [1.29, 1.82) is 0 Å². The number of rotatable bonds is 3. The van der Waals surface area contributed by atoms with E-state index < -0.39 is 8.03 Å². The molecule has 0 spiro atoms. The summed E-state index contributed by atoms with van der Waals surface area (Å²) in [5, 5.41) is 0. The Kier molecular flexibility index (Phi) is 5.39. The molecule has 0 amide bonds. The molecule has 0 heterocycles. The summed E-state index contributed by atoms with van der Waals surface area (Å²) in [5.74, 6) is 0.671. The summed E-state index contributed by atoms with van der Waals surface area (Å²) in [5.41, 5.74) is 0.784. The lowest BCUT2D eigenvalue weighted by Gasteiger charge is -2.05. The van der Waals surface area contributed by atoms with Crippen molar-refractivity contribution >= 4 is 8.03 Å². The van der Waals surface area contributed by atoms with Crippen LogP contribution in [0.2, 0.25) is 0 Å². The van der Waals surface area contributed by atoms with Crippen LogP contribution in [0.4, 0.5) is 0 Å². The third-order valence-corrected chi connectivity index (χ3v) is 2.22. The fourth-order valence-electron chi connectivity index (χ4n) is 1.01. The van der Waals surface area contributed by atoms with Gasteiger partial charge in [0.05, 0.1) is 13.3 Å². The zero-order valence-corrected chi connectivity index (χ0v) is 8.49. The maximum atomic E-state index is 10.6. The molecule has 1 aromatic carbocycles. The molecule has 1 rings (SSSR count). The average molecular weight is 203 g/mol. The van der Waals surface area contributed by atoms with Crippen LogP contribution >= 0.6 is 8.03 Å². The predicted octanol–water partition coefficient (Wildman–Crippen LogP) is 1.82. The molecule has 0 saturated carbocycles. The molecule has 0 bridgehead atoms. The summed E-state index contributed by atoms with van der Waals surface area (Å²) in [7, 11) is -0.900. The Balaban J connectivity index is 0.00000144. The molecule has 13 heavy (non-hydrogen) atoms. The molecule has 0 aliphatic carbocycles. The van der Waals surface area contributed by atoms with Crippen molar-refractivity contribution in [2.24, 2.45) is 0 Å². The quantitative estimate of drug-likeness (QED) is 0.734. The second-order valence-corrected chi connectivity index (χ2v) is 3.52. The molecule has 0 aliphatic rings. The highest BCUT2D eigenvalue weighted by atomic mass is 31.1. The lowest BCUT2D eigenvalue weighted by Crippen LogP contribution is -1.88. The van der Waals surface area contributed by atoms with Crippen molar-refractivity contribution in [2.75, 3.05) is 7.11 Å². The number of hydrogen-bond donors (Lipinski definition) is 2. The van der Waals surface area contributed by atoms with Crippen molar-refractivity contribution in [1.82, 2.24) is 6.15 Å². The summed E-state index contributed by atoms with van der Waals surface area (Å²) in [6.45, 7) is 0. The van der Waals surface area contributed by atoms with Gasteiger partial charge < -0.3 is 15.8 Å². The van der Waals surface area contributed by atoms with Crippen molar-refractivity contribution in [3.05, 3.63) is 29.8 Å². The maximum absolute atomic E-state index is 10.6. The molecule has 0 aliphatic heterocycles. The highest BCUT2D eigenvalue weighted by Crippen LogP contribution is 2.27. The first-order chi connectivity index (χ1) is 5.74. The monoisotopic (exact) mass is 203 g/mol. The minimum Gasteiger partial charge on any atom is -0.496 e. The first-order valence-corrected chi connectivity index (χ1v) is 5.14. The number of para-hydroxylation sites is 1. The maximum Gasteiger partial charge on any atom is 0.193 e. The summed E-state index contributed by atoms with van der Waals surface area (Å²) >= 11 is 0. The molecule has 5 heteroatoms. The zero-order valence-electron chi connectivity index (χ0n) is 7.49. The Morgan fingerprint density at radius 2 is 2.08 bits per heavy atom. The van der Waals surface area contributed by atoms with Crippen molar-refractivity contribution < 1.29 is 14.2 Å². The number of methoxy groups -OCH3 is 1. The summed E-state index contributed by atoms with van der Waals surface area (Å²) < 4.78 is 15.6. The molecule has 0 fully saturated rings. The fraction of sp³-hybridized carbons (Fsp3) is 0.250. The van der Waals surface area contributed by atoms with Gasteiger partial charge in [0.2, 0.25) is 0 Å². The SMILES string of the molecule is COc1ccccc1C[PH](=O)O.N. The van der Waals surface area contributed by atoms with E-state index in [4.69, 9.17) is 9.63 Å². The minimum atomic E-state index is -2.45. The normalized spacial score (nSPS) is 11.5. The van der Waals surface area contributed by atoms with E-state index in [1.165, 1.54) is 0 Å². The first-order valence-electron chi connectivity index (χ1n) is 3.57. The lowest BCUT2D eigenvalue weighted by molar-refractivity contribution is 0.410. The summed E-state index contributed by atoms with van der Waals surface area (Å²) in [4.78, 5) is 8.72. The fourth-order valence-corrected chi connectivity index (χ4v) is 1.63. The van der Waals surface area contributed by atoms with Gasteiger partial charge in [-0.2, -0.15) is 0 Å². The van der Waals surface area contributed by atoms with Crippen LogP contribution in [0.3, 0.4) is 0 Å². The van der Waals surface area contributed by atoms with E-state index >= 15 is 0 Å². The number of hydrogen-bond acceptors (Lipinski definition) is 3. The van der Waals surface area contributed by atoms with E-state index in [0.717, 1.165) is 5.56 Å². The molecule has 0 aromatic heterocycles. The van der Waals surface area contributed by atoms with E-state index in [1.807, 2.05) is 12.1 Å². The topological polar surface area (TPSA) is 81.5 Å². The summed E-state index contributed by atoms with van der Waals surface area (Å²) in [6, 6.07) is 7.22. The standard InChI is InChI=1S/C8H11O3P.H3N/c1-11-8-5-3-2-4-7(8)6-12(9)10;/h2-5,12H,6H2,1H3,(H,9,10);1H3. The second kappa shape index (κ2) is 5.75. The van der Waals surface area contributed by atoms with E-state index in [-0.39, 0.29) is 12.3 Å². The number of benzene rings is 1. The third kappa shape index (κ3) is 3.59. The van der Waals surface area contributed by atoms with Gasteiger partial charge in [-0.3, -0.25) is 4.57 Å². The molecule has 1 atom stereocenters. The van der Waals surface area contributed by atoms with Gasteiger partial charge in [0.15, 0.2) is 8.03 Å². The molecule has 74 valence electrons. The van der Waals surface area contributed by atoms with Crippen LogP contribution in [0.5, 0.6) is 5.75 Å². The van der Waals surface area contributed by atoms with Crippen molar-refractivity contribution in [3.8, 4) is 5.75 Å². The van der Waals surface area contributed by atoms with Gasteiger partial charge in [0.1, 0.15) is 5.75 Å². The Morgan fingerprint density at radius 3 is 2.62 bits per heavy atom. The molecule has 1 unspecified atom stereocenters. The highest BCUT2D eigenvalue weighted by Gasteiger charge is 2.03. The molecule has 1 aromatic rings. The first kappa shape index (κ1) is 12.2. The highest BCUT2D eigenvalue weighted by molar-refractivity contribution is 7.37. The van der Waals surface area contributed by atoms with Crippen molar-refractivity contribution in [3.63, 3.8) is 0 Å². The third-order valence-electron chi connectivity index (χ3n) is 1.53.